The summed E-state index contributed by atoms with van der Waals surface area (Å²) in [6.45, 7) is 0.763. The molecule has 0 amide bonds. The monoisotopic (exact) mass is 445 g/mol. The Labute approximate surface area is 180 Å². The van der Waals surface area contributed by atoms with Crippen LogP contribution in [-0.2, 0) is 37.9 Å². The average Bonchev–Trinajstić information content (AvgIpc) is 3.20. The fourth-order valence-corrected chi connectivity index (χ4v) is 4.91. The Morgan fingerprint density at radius 1 is 1.13 bits per heavy atom. The number of Topliss-reactive ketones (excluding diaryl/α,β-unsaturated/α-hetero) is 2. The molecule has 4 rings (SSSR count). The second-order valence-electron chi connectivity index (χ2n) is 7.29. The van der Waals surface area contributed by atoms with Crippen molar-refractivity contribution >= 4 is 34.8 Å². The lowest BCUT2D eigenvalue weighted by atomic mass is 10.0. The third kappa shape index (κ3) is 3.90. The topological polar surface area (TPSA) is 139 Å². The lowest BCUT2D eigenvalue weighted by molar-refractivity contribution is -0.333. The van der Waals surface area contributed by atoms with Gasteiger partial charge in [-0.3, -0.25) is 9.59 Å². The number of nitrogens with one attached hydrogen (secondary N) is 1. The molecule has 0 fully saturated rings. The van der Waals surface area contributed by atoms with Gasteiger partial charge in [-0.2, -0.15) is 0 Å². The Balaban J connectivity index is 1.45. The highest BCUT2D eigenvalue weighted by molar-refractivity contribution is 7.14. The number of carbonyl (C=O) groups excluding carboxylic acids is 2. The molecule has 1 aromatic carbocycles. The Morgan fingerprint density at radius 2 is 1.90 bits per heavy atom. The highest BCUT2D eigenvalue weighted by atomic mass is 32.1. The third-order valence-electron chi connectivity index (χ3n) is 5.30. The summed E-state index contributed by atoms with van der Waals surface area (Å²) < 4.78 is 0. The van der Waals surface area contributed by atoms with Gasteiger partial charge in [0.2, 0.25) is 0 Å². The minimum atomic E-state index is -2.01. The second-order valence-corrected chi connectivity index (χ2v) is 8.42. The molecule has 1 unspecified atom stereocenters. The zero-order valence-electron chi connectivity index (χ0n) is 16.3. The van der Waals surface area contributed by atoms with Crippen LogP contribution in [0.4, 0.5) is 0 Å². The molecule has 162 valence electrons. The lowest BCUT2D eigenvalue weighted by Gasteiger charge is -2.11. The Hall–Kier alpha value is -2.92. The van der Waals surface area contributed by atoms with Gasteiger partial charge in [0.25, 0.3) is 5.60 Å². The number of hydrogen-bond acceptors (Lipinski definition) is 8. The van der Waals surface area contributed by atoms with Crippen LogP contribution >= 0.6 is 11.3 Å². The zero-order chi connectivity index (χ0) is 22.2. The van der Waals surface area contributed by atoms with E-state index < -0.39 is 29.9 Å². The number of aliphatic carboxylic acids is 2. The van der Waals surface area contributed by atoms with Crippen LogP contribution in [0.25, 0.3) is 0 Å². The fraction of sp³-hybridized carbons (Fsp3) is 0.333. The van der Waals surface area contributed by atoms with Crippen molar-refractivity contribution in [3.05, 3.63) is 56.3 Å². The molecular formula is C21H19NO8S. The minimum Gasteiger partial charge on any atom is -0.479 e. The standard InChI is InChI=1S/C21H19NO8S/c23-14(4-5-15(24)17-8-11-9-22-7-6-16(11)31-17)12-2-1-3-13-19(12)21(13,20(27)28)30-29-10-18(25)26/h1-3,8,22H,4-7,9-10H2,(H,25,26)(H,27,28). The van der Waals surface area contributed by atoms with E-state index in [1.165, 1.54) is 34.4 Å². The molecular weight excluding hydrogens is 426 g/mol. The molecule has 1 aliphatic heterocycles. The first-order valence-corrected chi connectivity index (χ1v) is 10.4. The van der Waals surface area contributed by atoms with E-state index in [4.69, 9.17) is 9.99 Å². The van der Waals surface area contributed by atoms with E-state index in [-0.39, 0.29) is 35.3 Å². The van der Waals surface area contributed by atoms with Crippen molar-refractivity contribution in [2.45, 2.75) is 31.4 Å². The fourth-order valence-electron chi connectivity index (χ4n) is 3.76. The zero-order valence-corrected chi connectivity index (χ0v) is 17.1. The van der Waals surface area contributed by atoms with E-state index in [0.717, 1.165) is 25.1 Å². The van der Waals surface area contributed by atoms with Crippen LogP contribution in [0.1, 0.15) is 54.4 Å². The first-order valence-electron chi connectivity index (χ1n) is 9.63. The Kier molecular flexibility index (Phi) is 5.71. The molecule has 10 heteroatoms. The van der Waals surface area contributed by atoms with Crippen molar-refractivity contribution in [2.24, 2.45) is 0 Å². The summed E-state index contributed by atoms with van der Waals surface area (Å²) in [6, 6.07) is 6.32. The maximum absolute atomic E-state index is 12.8. The summed E-state index contributed by atoms with van der Waals surface area (Å²) in [5.41, 5.74) is -0.415. The smallest absolute Gasteiger partial charge is 0.348 e. The molecule has 0 bridgehead atoms. The second kappa shape index (κ2) is 8.31. The van der Waals surface area contributed by atoms with Crippen LogP contribution < -0.4 is 5.32 Å². The van der Waals surface area contributed by atoms with Crippen LogP contribution in [0.2, 0.25) is 0 Å². The summed E-state index contributed by atoms with van der Waals surface area (Å²) in [4.78, 5) is 59.1. The van der Waals surface area contributed by atoms with Crippen LogP contribution in [0.3, 0.4) is 0 Å². The van der Waals surface area contributed by atoms with Crippen LogP contribution in [0.15, 0.2) is 24.3 Å². The highest BCUT2D eigenvalue weighted by Crippen LogP contribution is 2.53. The predicted molar refractivity (Wildman–Crippen MR) is 107 cm³/mol. The van der Waals surface area contributed by atoms with Crippen molar-refractivity contribution in [1.29, 1.82) is 0 Å². The minimum absolute atomic E-state index is 0.00572. The number of carboxylic acid groups (broad SMARTS) is 2. The number of benzene rings is 1. The van der Waals surface area contributed by atoms with E-state index in [2.05, 4.69) is 10.2 Å². The van der Waals surface area contributed by atoms with Gasteiger partial charge in [0.15, 0.2) is 18.2 Å². The van der Waals surface area contributed by atoms with Gasteiger partial charge in [-0.05, 0) is 18.1 Å². The molecule has 2 aromatic rings. The summed E-state index contributed by atoms with van der Waals surface area (Å²) in [6.07, 6.45) is 0.803. The Bertz CT molecular complexity index is 1070. The maximum Gasteiger partial charge on any atom is 0.348 e. The van der Waals surface area contributed by atoms with Crippen molar-refractivity contribution in [3.8, 4) is 0 Å². The van der Waals surface area contributed by atoms with Crippen molar-refractivity contribution in [2.75, 3.05) is 13.2 Å². The molecule has 2 heterocycles. The number of hydrogen-bond donors (Lipinski definition) is 3. The van der Waals surface area contributed by atoms with Gasteiger partial charge in [0.1, 0.15) is 0 Å². The van der Waals surface area contributed by atoms with Gasteiger partial charge in [-0.15, -0.1) is 11.3 Å². The van der Waals surface area contributed by atoms with E-state index in [9.17, 15) is 24.3 Å². The molecule has 1 aliphatic carbocycles. The molecule has 2 aliphatic rings. The number of carboxylic acids is 2. The summed E-state index contributed by atoms with van der Waals surface area (Å²) in [5.74, 6) is -3.26. The molecule has 1 aromatic heterocycles. The number of ketones is 2. The van der Waals surface area contributed by atoms with Gasteiger partial charge in [-0.1, -0.05) is 18.2 Å². The van der Waals surface area contributed by atoms with Gasteiger partial charge in [0.05, 0.1) is 4.88 Å². The van der Waals surface area contributed by atoms with E-state index in [0.29, 0.717) is 4.88 Å². The summed E-state index contributed by atoms with van der Waals surface area (Å²) in [7, 11) is 0. The molecule has 0 saturated carbocycles. The van der Waals surface area contributed by atoms with Gasteiger partial charge in [-0.25, -0.2) is 19.4 Å². The first-order chi connectivity index (χ1) is 14.8. The van der Waals surface area contributed by atoms with Crippen molar-refractivity contribution in [1.82, 2.24) is 5.32 Å². The van der Waals surface area contributed by atoms with Crippen LogP contribution in [0.5, 0.6) is 0 Å². The number of carbonyl (C=O) groups is 4. The first kappa shape index (κ1) is 21.3. The molecule has 0 saturated heterocycles. The molecule has 3 N–H and O–H groups in total. The maximum atomic E-state index is 12.8. The predicted octanol–water partition coefficient (Wildman–Crippen LogP) is 1.91. The summed E-state index contributed by atoms with van der Waals surface area (Å²) >= 11 is 1.46. The molecule has 31 heavy (non-hydrogen) atoms. The quantitative estimate of drug-likeness (QED) is 0.284. The normalized spacial score (nSPS) is 18.7. The van der Waals surface area contributed by atoms with E-state index in [1.54, 1.807) is 0 Å². The Morgan fingerprint density at radius 3 is 2.61 bits per heavy atom. The third-order valence-corrected chi connectivity index (χ3v) is 6.57. The van der Waals surface area contributed by atoms with Crippen molar-refractivity contribution < 1.29 is 39.2 Å². The van der Waals surface area contributed by atoms with Gasteiger partial charge in [0, 0.05) is 47.5 Å². The average molecular weight is 445 g/mol. The number of rotatable bonds is 10. The molecule has 0 spiro atoms. The summed E-state index contributed by atoms with van der Waals surface area (Å²) in [5, 5.41) is 21.5. The lowest BCUT2D eigenvalue weighted by Crippen LogP contribution is -2.27. The van der Waals surface area contributed by atoms with Crippen LogP contribution in [0, 0.1) is 0 Å². The largest absolute Gasteiger partial charge is 0.479 e. The van der Waals surface area contributed by atoms with E-state index >= 15 is 0 Å². The van der Waals surface area contributed by atoms with Crippen LogP contribution in [-0.4, -0.2) is 46.9 Å². The number of thiophene rings is 1. The number of fused-ring (bicyclic) bond motifs is 2. The van der Waals surface area contributed by atoms with E-state index in [1.807, 2.05) is 6.07 Å². The van der Waals surface area contributed by atoms with Gasteiger partial charge >= 0.3 is 11.9 Å². The van der Waals surface area contributed by atoms with Gasteiger partial charge < -0.3 is 15.5 Å². The SMILES string of the molecule is O=C(O)COOC1(C(=O)O)c2cccc(C(=O)CCC(=O)c3cc4c(s3)CCNC4)c21. The molecule has 1 atom stereocenters. The molecule has 9 nitrogen and oxygen atoms in total. The molecule has 0 radical (unpaired) electrons. The highest BCUT2D eigenvalue weighted by Gasteiger charge is 2.63. The van der Waals surface area contributed by atoms with Crippen molar-refractivity contribution in [3.63, 3.8) is 0 Å².